The highest BCUT2D eigenvalue weighted by molar-refractivity contribution is 7.09. The molecule has 0 saturated carbocycles. The van der Waals surface area contributed by atoms with Gasteiger partial charge in [0.2, 0.25) is 5.13 Å². The molecule has 1 saturated heterocycles. The molecule has 1 atom stereocenters. The summed E-state index contributed by atoms with van der Waals surface area (Å²) < 4.78 is 4.56. The Morgan fingerprint density at radius 2 is 1.77 bits per heavy atom. The van der Waals surface area contributed by atoms with Gasteiger partial charge in [0, 0.05) is 49.2 Å². The monoisotopic (exact) mass is 420 g/mol. The van der Waals surface area contributed by atoms with Crippen LogP contribution in [0.2, 0.25) is 0 Å². The first-order valence-corrected chi connectivity index (χ1v) is 11.3. The molecular weight excluding hydrogens is 392 g/mol. The highest BCUT2D eigenvalue weighted by Crippen LogP contribution is 2.23. The summed E-state index contributed by atoms with van der Waals surface area (Å²) in [5, 5.41) is 0.948. The molecule has 0 unspecified atom stereocenters. The number of hydrogen-bond donors (Lipinski definition) is 0. The van der Waals surface area contributed by atoms with E-state index < -0.39 is 0 Å². The Hall–Kier alpha value is -2.73. The molecule has 0 N–H and O–H groups in total. The largest absolute Gasteiger partial charge is 0.343 e. The van der Waals surface area contributed by atoms with Crippen molar-refractivity contribution in [3.8, 4) is 0 Å². The Bertz CT molecular complexity index is 997. The summed E-state index contributed by atoms with van der Waals surface area (Å²) in [5.41, 5.74) is 4.50. The van der Waals surface area contributed by atoms with Crippen LogP contribution in [0, 0.1) is 6.92 Å². The first kappa shape index (κ1) is 20.5. The summed E-state index contributed by atoms with van der Waals surface area (Å²) in [5.74, 6) is 0.975. The highest BCUT2D eigenvalue weighted by atomic mass is 32.1. The van der Waals surface area contributed by atoms with Crippen LogP contribution in [0.15, 0.2) is 48.5 Å². The van der Waals surface area contributed by atoms with Crippen molar-refractivity contribution >= 4 is 22.6 Å². The number of piperazine rings is 1. The van der Waals surface area contributed by atoms with Gasteiger partial charge in [0.05, 0.1) is 0 Å². The number of amides is 1. The summed E-state index contributed by atoms with van der Waals surface area (Å²) in [6.07, 6.45) is 1.73. The number of hydrogen-bond acceptors (Lipinski definition) is 5. The standard InChI is InChI=1S/C24H28N4OS/c1-4-19-9-11-21(12-10-19)23(29)28-14-13-27(16-18(28)3)24-25-22(26-30-24)15-20-7-5-17(2)6-8-20/h5-12,18H,4,13-16H2,1-3H3/t18-/m1/s1. The van der Waals surface area contributed by atoms with E-state index in [2.05, 4.69) is 54.3 Å². The van der Waals surface area contributed by atoms with E-state index in [0.717, 1.165) is 42.5 Å². The van der Waals surface area contributed by atoms with Gasteiger partial charge in [-0.3, -0.25) is 4.79 Å². The lowest BCUT2D eigenvalue weighted by atomic mass is 10.1. The second-order valence-electron chi connectivity index (χ2n) is 8.00. The summed E-state index contributed by atoms with van der Waals surface area (Å²) in [4.78, 5) is 22.0. The van der Waals surface area contributed by atoms with E-state index in [1.165, 1.54) is 28.2 Å². The zero-order chi connectivity index (χ0) is 21.1. The van der Waals surface area contributed by atoms with E-state index in [4.69, 9.17) is 4.98 Å². The summed E-state index contributed by atoms with van der Waals surface area (Å²) in [7, 11) is 0. The Kier molecular flexibility index (Phi) is 6.13. The van der Waals surface area contributed by atoms with E-state index >= 15 is 0 Å². The Morgan fingerprint density at radius 1 is 1.07 bits per heavy atom. The fourth-order valence-electron chi connectivity index (χ4n) is 3.82. The van der Waals surface area contributed by atoms with Gasteiger partial charge in [0.25, 0.3) is 5.91 Å². The lowest BCUT2D eigenvalue weighted by Crippen LogP contribution is -2.54. The van der Waals surface area contributed by atoms with Crippen LogP contribution in [-0.2, 0) is 12.8 Å². The van der Waals surface area contributed by atoms with Crippen LogP contribution >= 0.6 is 11.5 Å². The molecule has 30 heavy (non-hydrogen) atoms. The van der Waals surface area contributed by atoms with Crippen LogP contribution in [0.25, 0.3) is 0 Å². The van der Waals surface area contributed by atoms with Crippen LogP contribution in [0.4, 0.5) is 5.13 Å². The second kappa shape index (κ2) is 8.96. The van der Waals surface area contributed by atoms with Crippen molar-refractivity contribution < 1.29 is 4.79 Å². The number of rotatable bonds is 5. The first-order valence-electron chi connectivity index (χ1n) is 10.6. The highest BCUT2D eigenvalue weighted by Gasteiger charge is 2.29. The zero-order valence-electron chi connectivity index (χ0n) is 17.8. The molecular formula is C24H28N4OS. The number of nitrogens with zero attached hydrogens (tertiary/aromatic N) is 4. The fourth-order valence-corrected chi connectivity index (χ4v) is 4.54. The van der Waals surface area contributed by atoms with Gasteiger partial charge in [-0.25, -0.2) is 4.98 Å². The molecule has 1 aliphatic heterocycles. The van der Waals surface area contributed by atoms with Gasteiger partial charge in [-0.05, 0) is 43.5 Å². The Morgan fingerprint density at radius 3 is 2.43 bits per heavy atom. The molecule has 2 aromatic carbocycles. The van der Waals surface area contributed by atoms with Crippen LogP contribution in [0.3, 0.4) is 0 Å². The van der Waals surface area contributed by atoms with E-state index in [0.29, 0.717) is 6.54 Å². The normalized spacial score (nSPS) is 16.7. The van der Waals surface area contributed by atoms with E-state index in [-0.39, 0.29) is 11.9 Å². The predicted molar refractivity (Wildman–Crippen MR) is 122 cm³/mol. The molecule has 0 radical (unpaired) electrons. The van der Waals surface area contributed by atoms with Gasteiger partial charge in [-0.15, -0.1) is 0 Å². The maximum Gasteiger partial charge on any atom is 0.254 e. The van der Waals surface area contributed by atoms with Gasteiger partial charge < -0.3 is 9.80 Å². The minimum Gasteiger partial charge on any atom is -0.343 e. The molecule has 5 nitrogen and oxygen atoms in total. The predicted octanol–water partition coefficient (Wildman–Crippen LogP) is 4.35. The van der Waals surface area contributed by atoms with Gasteiger partial charge in [-0.2, -0.15) is 4.37 Å². The van der Waals surface area contributed by atoms with Crippen LogP contribution in [0.1, 0.15) is 46.7 Å². The minimum atomic E-state index is 0.113. The van der Waals surface area contributed by atoms with E-state index in [9.17, 15) is 4.79 Å². The van der Waals surface area contributed by atoms with Gasteiger partial charge in [0.15, 0.2) is 0 Å². The van der Waals surface area contributed by atoms with Crippen molar-refractivity contribution in [1.82, 2.24) is 14.3 Å². The summed E-state index contributed by atoms with van der Waals surface area (Å²) in [6.45, 7) is 8.58. The SMILES string of the molecule is CCc1ccc(C(=O)N2CCN(c3nc(Cc4ccc(C)cc4)ns3)C[C@H]2C)cc1. The van der Waals surface area contributed by atoms with Gasteiger partial charge in [-0.1, -0.05) is 48.9 Å². The third-order valence-electron chi connectivity index (χ3n) is 5.71. The lowest BCUT2D eigenvalue weighted by Gasteiger charge is -2.39. The molecule has 6 heteroatoms. The molecule has 0 bridgehead atoms. The number of aromatic nitrogens is 2. The molecule has 4 rings (SSSR count). The van der Waals surface area contributed by atoms with E-state index in [1.54, 1.807) is 0 Å². The molecule has 0 aliphatic carbocycles. The van der Waals surface area contributed by atoms with Crippen LogP contribution in [-0.4, -0.2) is 45.8 Å². The Balaban J connectivity index is 1.38. The van der Waals surface area contributed by atoms with Crippen molar-refractivity contribution in [3.63, 3.8) is 0 Å². The number of carbonyl (C=O) groups excluding carboxylic acids is 1. The molecule has 1 fully saturated rings. The van der Waals surface area contributed by atoms with Gasteiger partial charge in [0.1, 0.15) is 5.82 Å². The summed E-state index contributed by atoms with van der Waals surface area (Å²) in [6, 6.07) is 16.6. The maximum absolute atomic E-state index is 13.0. The molecule has 1 amide bonds. The maximum atomic E-state index is 13.0. The first-order chi connectivity index (χ1) is 14.5. The van der Waals surface area contributed by atoms with Crippen molar-refractivity contribution in [2.75, 3.05) is 24.5 Å². The Labute approximate surface area is 182 Å². The number of anilines is 1. The van der Waals surface area contributed by atoms with Crippen LogP contribution < -0.4 is 4.90 Å². The van der Waals surface area contributed by atoms with Crippen molar-refractivity contribution in [1.29, 1.82) is 0 Å². The average Bonchev–Trinajstić information content (AvgIpc) is 3.23. The minimum absolute atomic E-state index is 0.113. The molecule has 1 aromatic heterocycles. The lowest BCUT2D eigenvalue weighted by molar-refractivity contribution is 0.0674. The van der Waals surface area contributed by atoms with Crippen molar-refractivity contribution in [3.05, 3.63) is 76.6 Å². The molecule has 2 heterocycles. The zero-order valence-corrected chi connectivity index (χ0v) is 18.7. The third kappa shape index (κ3) is 4.54. The van der Waals surface area contributed by atoms with Crippen LogP contribution in [0.5, 0.6) is 0 Å². The smallest absolute Gasteiger partial charge is 0.254 e. The second-order valence-corrected chi connectivity index (χ2v) is 8.73. The fraction of sp³-hybridized carbons (Fsp3) is 0.375. The molecule has 0 spiro atoms. The van der Waals surface area contributed by atoms with E-state index in [1.807, 2.05) is 29.2 Å². The molecule has 156 valence electrons. The molecule has 1 aliphatic rings. The third-order valence-corrected chi connectivity index (χ3v) is 6.52. The quantitative estimate of drug-likeness (QED) is 0.616. The number of aryl methyl sites for hydroxylation is 2. The average molecular weight is 421 g/mol. The van der Waals surface area contributed by atoms with Crippen molar-refractivity contribution in [2.45, 2.75) is 39.7 Å². The number of benzene rings is 2. The summed E-state index contributed by atoms with van der Waals surface area (Å²) >= 11 is 1.45. The molecule has 3 aromatic rings. The van der Waals surface area contributed by atoms with Crippen molar-refractivity contribution in [2.24, 2.45) is 0 Å². The number of carbonyl (C=O) groups is 1. The van der Waals surface area contributed by atoms with Gasteiger partial charge >= 0.3 is 0 Å². The topological polar surface area (TPSA) is 49.3 Å².